The monoisotopic (exact) mass is 298 g/mol. The fraction of sp³-hybridized carbons (Fsp3) is 0.278. The van der Waals surface area contributed by atoms with E-state index in [9.17, 15) is 4.79 Å². The molecule has 0 radical (unpaired) electrons. The van der Waals surface area contributed by atoms with E-state index in [0.29, 0.717) is 13.0 Å². The van der Waals surface area contributed by atoms with Gasteiger partial charge in [0.15, 0.2) is 0 Å². The molecule has 2 rings (SSSR count). The molecule has 22 heavy (non-hydrogen) atoms. The van der Waals surface area contributed by atoms with Gasteiger partial charge in [0, 0.05) is 6.54 Å². The van der Waals surface area contributed by atoms with Gasteiger partial charge in [-0.05, 0) is 30.5 Å². The average Bonchev–Trinajstić information content (AvgIpc) is 2.56. The Morgan fingerprint density at radius 2 is 1.77 bits per heavy atom. The van der Waals surface area contributed by atoms with Crippen LogP contribution in [-0.2, 0) is 16.8 Å². The molecule has 0 aliphatic rings. The van der Waals surface area contributed by atoms with E-state index in [1.54, 1.807) is 14.0 Å². The van der Waals surface area contributed by atoms with Gasteiger partial charge < -0.3 is 15.8 Å². The minimum atomic E-state index is -1.04. The smallest absolute Gasteiger partial charge is 0.244 e. The average molecular weight is 298 g/mol. The van der Waals surface area contributed by atoms with E-state index >= 15 is 0 Å². The quantitative estimate of drug-likeness (QED) is 0.859. The predicted molar refractivity (Wildman–Crippen MR) is 87.7 cm³/mol. The van der Waals surface area contributed by atoms with Crippen molar-refractivity contribution in [1.82, 2.24) is 5.32 Å². The summed E-state index contributed by atoms with van der Waals surface area (Å²) in [7, 11) is 1.64. The van der Waals surface area contributed by atoms with Gasteiger partial charge in [-0.3, -0.25) is 4.79 Å². The van der Waals surface area contributed by atoms with E-state index in [4.69, 9.17) is 10.5 Å². The molecule has 0 heterocycles. The van der Waals surface area contributed by atoms with Crippen molar-refractivity contribution >= 4 is 5.91 Å². The van der Waals surface area contributed by atoms with Crippen LogP contribution in [0.3, 0.4) is 0 Å². The predicted octanol–water partition coefficient (Wildman–Crippen LogP) is 2.23. The maximum Gasteiger partial charge on any atom is 0.244 e. The number of hydrogen-bond acceptors (Lipinski definition) is 3. The number of benzene rings is 2. The van der Waals surface area contributed by atoms with Crippen LogP contribution < -0.4 is 15.8 Å². The highest BCUT2D eigenvalue weighted by molar-refractivity contribution is 5.86. The number of methoxy groups -OCH3 is 1. The molecule has 0 aromatic heterocycles. The Labute approximate surface area is 131 Å². The molecule has 4 nitrogen and oxygen atoms in total. The second-order valence-corrected chi connectivity index (χ2v) is 5.39. The third-order valence-electron chi connectivity index (χ3n) is 3.72. The van der Waals surface area contributed by atoms with Gasteiger partial charge in [0.2, 0.25) is 5.91 Å². The molecule has 0 bridgehead atoms. The first-order chi connectivity index (χ1) is 10.6. The van der Waals surface area contributed by atoms with E-state index < -0.39 is 5.54 Å². The fourth-order valence-electron chi connectivity index (χ4n) is 2.32. The lowest BCUT2D eigenvalue weighted by Crippen LogP contribution is -2.49. The number of hydrogen-bond donors (Lipinski definition) is 2. The zero-order valence-corrected chi connectivity index (χ0v) is 13.0. The van der Waals surface area contributed by atoms with Crippen molar-refractivity contribution in [3.05, 3.63) is 65.7 Å². The molecule has 0 saturated heterocycles. The highest BCUT2D eigenvalue weighted by Gasteiger charge is 2.29. The van der Waals surface area contributed by atoms with Gasteiger partial charge in [-0.2, -0.15) is 0 Å². The van der Waals surface area contributed by atoms with Crippen LogP contribution in [0.25, 0.3) is 0 Å². The summed E-state index contributed by atoms with van der Waals surface area (Å²) >= 11 is 0. The van der Waals surface area contributed by atoms with E-state index in [1.807, 2.05) is 54.6 Å². The Morgan fingerprint density at radius 3 is 2.45 bits per heavy atom. The highest BCUT2D eigenvalue weighted by atomic mass is 16.5. The number of nitrogens with two attached hydrogens (primary N) is 1. The molecule has 0 spiro atoms. The van der Waals surface area contributed by atoms with Gasteiger partial charge in [0.05, 0.1) is 7.11 Å². The molecule has 0 aliphatic heterocycles. The third kappa shape index (κ3) is 3.65. The van der Waals surface area contributed by atoms with E-state index in [1.165, 1.54) is 0 Å². The molecule has 1 unspecified atom stereocenters. The zero-order chi connectivity index (χ0) is 16.0. The van der Waals surface area contributed by atoms with Gasteiger partial charge in [-0.15, -0.1) is 0 Å². The molecule has 3 N–H and O–H groups in total. The molecule has 0 fully saturated rings. The van der Waals surface area contributed by atoms with Gasteiger partial charge in [0.25, 0.3) is 0 Å². The van der Waals surface area contributed by atoms with Crippen LogP contribution in [0.2, 0.25) is 0 Å². The van der Waals surface area contributed by atoms with Crippen LogP contribution in [0, 0.1) is 0 Å². The first kappa shape index (κ1) is 16.0. The van der Waals surface area contributed by atoms with Crippen molar-refractivity contribution in [2.24, 2.45) is 5.73 Å². The molecule has 4 heteroatoms. The number of nitrogens with one attached hydrogen (secondary N) is 1. The van der Waals surface area contributed by atoms with Crippen molar-refractivity contribution in [2.75, 3.05) is 13.7 Å². The molecule has 2 aromatic carbocycles. The van der Waals surface area contributed by atoms with E-state index in [0.717, 1.165) is 16.9 Å². The number of rotatable bonds is 6. The summed E-state index contributed by atoms with van der Waals surface area (Å²) in [5, 5.41) is 2.90. The Bertz CT molecular complexity index is 624. The second-order valence-electron chi connectivity index (χ2n) is 5.39. The first-order valence-electron chi connectivity index (χ1n) is 7.30. The first-order valence-corrected chi connectivity index (χ1v) is 7.30. The molecule has 0 aliphatic carbocycles. The van der Waals surface area contributed by atoms with Crippen molar-refractivity contribution in [1.29, 1.82) is 0 Å². The van der Waals surface area contributed by atoms with Crippen LogP contribution >= 0.6 is 0 Å². The molecular formula is C18H22N2O2. The summed E-state index contributed by atoms with van der Waals surface area (Å²) in [5.41, 5.74) is 7.00. The van der Waals surface area contributed by atoms with Crippen LogP contribution in [0.1, 0.15) is 18.1 Å². The highest BCUT2D eigenvalue weighted by Crippen LogP contribution is 2.19. The van der Waals surface area contributed by atoms with Gasteiger partial charge >= 0.3 is 0 Å². The second kappa shape index (κ2) is 7.09. The SMILES string of the molecule is COc1ccccc1CCNC(=O)C(C)(N)c1ccccc1. The summed E-state index contributed by atoms with van der Waals surface area (Å²) in [6.07, 6.45) is 0.695. The van der Waals surface area contributed by atoms with Crippen LogP contribution in [0.15, 0.2) is 54.6 Å². The van der Waals surface area contributed by atoms with Crippen molar-refractivity contribution in [3.8, 4) is 5.75 Å². The minimum absolute atomic E-state index is 0.186. The van der Waals surface area contributed by atoms with E-state index in [2.05, 4.69) is 5.32 Å². The molecule has 116 valence electrons. The number of para-hydroxylation sites is 1. The Morgan fingerprint density at radius 1 is 1.14 bits per heavy atom. The molecule has 1 amide bonds. The maximum absolute atomic E-state index is 12.3. The summed E-state index contributed by atoms with van der Waals surface area (Å²) in [6.45, 7) is 2.24. The van der Waals surface area contributed by atoms with Gasteiger partial charge in [-0.25, -0.2) is 0 Å². The molecule has 2 aromatic rings. The third-order valence-corrected chi connectivity index (χ3v) is 3.72. The molecular weight excluding hydrogens is 276 g/mol. The minimum Gasteiger partial charge on any atom is -0.496 e. The molecule has 0 saturated carbocycles. The normalized spacial score (nSPS) is 13.2. The van der Waals surface area contributed by atoms with Crippen LogP contribution in [0.5, 0.6) is 5.75 Å². The molecule has 1 atom stereocenters. The lowest BCUT2D eigenvalue weighted by molar-refractivity contribution is -0.126. The van der Waals surface area contributed by atoms with Gasteiger partial charge in [0.1, 0.15) is 11.3 Å². The Balaban J connectivity index is 1.95. The summed E-state index contributed by atoms with van der Waals surface area (Å²) in [5.74, 6) is 0.643. The lowest BCUT2D eigenvalue weighted by atomic mass is 9.92. The number of carbonyl (C=O) groups excluding carboxylic acids is 1. The summed E-state index contributed by atoms with van der Waals surface area (Å²) < 4.78 is 5.30. The topological polar surface area (TPSA) is 64.3 Å². The standard InChI is InChI=1S/C18H22N2O2/c1-18(19,15-9-4-3-5-10-15)17(21)20-13-12-14-8-6-7-11-16(14)22-2/h3-11H,12-13,19H2,1-2H3,(H,20,21). The fourth-order valence-corrected chi connectivity index (χ4v) is 2.32. The maximum atomic E-state index is 12.3. The Kier molecular flexibility index (Phi) is 5.17. The number of amides is 1. The van der Waals surface area contributed by atoms with Crippen molar-refractivity contribution in [3.63, 3.8) is 0 Å². The Hall–Kier alpha value is -2.33. The number of ether oxygens (including phenoxy) is 1. The lowest BCUT2D eigenvalue weighted by Gasteiger charge is -2.24. The van der Waals surface area contributed by atoms with Crippen LogP contribution in [-0.4, -0.2) is 19.6 Å². The van der Waals surface area contributed by atoms with Gasteiger partial charge in [-0.1, -0.05) is 48.5 Å². The van der Waals surface area contributed by atoms with Crippen molar-refractivity contribution in [2.45, 2.75) is 18.9 Å². The summed E-state index contributed by atoms with van der Waals surface area (Å²) in [6, 6.07) is 17.2. The zero-order valence-electron chi connectivity index (χ0n) is 13.0. The summed E-state index contributed by atoms with van der Waals surface area (Å²) in [4.78, 5) is 12.3. The largest absolute Gasteiger partial charge is 0.496 e. The van der Waals surface area contributed by atoms with E-state index in [-0.39, 0.29) is 5.91 Å². The van der Waals surface area contributed by atoms with Crippen molar-refractivity contribution < 1.29 is 9.53 Å². The van der Waals surface area contributed by atoms with Crippen LogP contribution in [0.4, 0.5) is 0 Å². The number of carbonyl (C=O) groups is 1.